The van der Waals surface area contributed by atoms with Crippen LogP contribution in [0.25, 0.3) is 0 Å². The van der Waals surface area contributed by atoms with Crippen LogP contribution in [0, 0.1) is 0 Å². The Bertz CT molecular complexity index is 50.7. The summed E-state index contributed by atoms with van der Waals surface area (Å²) in [5.74, 6) is 0. The van der Waals surface area contributed by atoms with Gasteiger partial charge in [-0.2, -0.15) is 5.33 Å². The Morgan fingerprint density at radius 1 is 2.00 bits per heavy atom. The van der Waals surface area contributed by atoms with E-state index in [0.29, 0.717) is 9.13 Å². The Kier molecular flexibility index (Phi) is 3.76. The molecule has 0 spiro atoms. The molecule has 0 radical (unpaired) electrons. The van der Waals surface area contributed by atoms with Gasteiger partial charge in [0.25, 0.3) is 0 Å². The highest BCUT2D eigenvalue weighted by molar-refractivity contribution is 6.44. The maximum atomic E-state index is 3.46. The molecule has 0 N–H and O–H groups in total. The summed E-state index contributed by atoms with van der Waals surface area (Å²) in [6, 6.07) is 1.25. The third kappa shape index (κ3) is 3.87. The highest BCUT2D eigenvalue weighted by atomic mass is 28.2. The van der Waals surface area contributed by atoms with E-state index < -0.39 is 0 Å². The van der Waals surface area contributed by atoms with Gasteiger partial charge in [-0.3, -0.25) is 0 Å². The fourth-order valence-corrected chi connectivity index (χ4v) is 0.433. The second kappa shape index (κ2) is 3.87. The summed E-state index contributed by atoms with van der Waals surface area (Å²) in [6.45, 7) is 5.61. The minimum absolute atomic E-state index is 0.454. The lowest BCUT2D eigenvalue weighted by Crippen LogP contribution is -1.63. The SMILES string of the molecule is C=C=[SiH]CC. The van der Waals surface area contributed by atoms with Gasteiger partial charge in [0.2, 0.25) is 0 Å². The van der Waals surface area contributed by atoms with Crippen LogP contribution < -0.4 is 0 Å². The Labute approximate surface area is 35.0 Å². The largest absolute Gasteiger partial charge is 0.168 e. The van der Waals surface area contributed by atoms with Crippen molar-refractivity contribution < 1.29 is 0 Å². The lowest BCUT2D eigenvalue weighted by Gasteiger charge is -1.57. The molecule has 0 aliphatic carbocycles. The predicted octanol–water partition coefficient (Wildman–Crippen LogP) is 0.448. The first-order valence-corrected chi connectivity index (χ1v) is 3.15. The molecule has 0 aromatic heterocycles. The van der Waals surface area contributed by atoms with Gasteiger partial charge in [0, 0.05) is 9.13 Å². The van der Waals surface area contributed by atoms with Crippen molar-refractivity contribution in [2.24, 2.45) is 0 Å². The topological polar surface area (TPSA) is 0 Å². The van der Waals surface area contributed by atoms with Gasteiger partial charge < -0.3 is 0 Å². The number of hydrogen-bond acceptors (Lipinski definition) is 0. The van der Waals surface area contributed by atoms with E-state index in [-0.39, 0.29) is 0 Å². The van der Waals surface area contributed by atoms with Crippen molar-refractivity contribution in [3.63, 3.8) is 0 Å². The number of hydrogen-bond donors (Lipinski definition) is 0. The summed E-state index contributed by atoms with van der Waals surface area (Å²) in [5.41, 5.74) is 0. The van der Waals surface area contributed by atoms with Crippen LogP contribution in [-0.4, -0.2) is 14.5 Å². The summed E-state index contributed by atoms with van der Waals surface area (Å²) in [7, 11) is 0.454. The van der Waals surface area contributed by atoms with Crippen molar-refractivity contribution in [1.29, 1.82) is 0 Å². The average Bonchev–Trinajstić information content (AvgIpc) is 1.41. The van der Waals surface area contributed by atoms with E-state index in [4.69, 9.17) is 0 Å². The van der Waals surface area contributed by atoms with Gasteiger partial charge in [-0.25, -0.2) is 0 Å². The van der Waals surface area contributed by atoms with E-state index in [1.807, 2.05) is 0 Å². The van der Waals surface area contributed by atoms with Crippen molar-refractivity contribution in [1.82, 2.24) is 0 Å². The Hall–Kier alpha value is -0.133. The normalized spacial score (nSPS) is 5.80. The maximum Gasteiger partial charge on any atom is 0.0487 e. The number of rotatable bonds is 1. The fourth-order valence-electron chi connectivity index (χ4n) is 0.144. The Morgan fingerprint density at radius 3 is 2.60 bits per heavy atom. The quantitative estimate of drug-likeness (QED) is 0.405. The molecule has 0 aromatic carbocycles. The highest BCUT2D eigenvalue weighted by Crippen LogP contribution is 1.55. The van der Waals surface area contributed by atoms with Crippen LogP contribution in [0.4, 0.5) is 0 Å². The van der Waals surface area contributed by atoms with E-state index in [0.717, 1.165) is 0 Å². The predicted molar refractivity (Wildman–Crippen MR) is 28.3 cm³/mol. The van der Waals surface area contributed by atoms with Crippen LogP contribution in [-0.2, 0) is 0 Å². The zero-order valence-electron chi connectivity index (χ0n) is 3.49. The first kappa shape index (κ1) is 4.87. The molecule has 0 nitrogen and oxygen atoms in total. The summed E-state index contributed by atoms with van der Waals surface area (Å²) in [6.07, 6.45) is 0. The van der Waals surface area contributed by atoms with Crippen molar-refractivity contribution in [3.05, 3.63) is 6.58 Å². The minimum atomic E-state index is 0.454. The van der Waals surface area contributed by atoms with E-state index in [1.165, 1.54) is 6.04 Å². The van der Waals surface area contributed by atoms with Gasteiger partial charge in [-0.05, 0) is 6.04 Å². The molecule has 0 saturated carbocycles. The molecule has 0 aliphatic rings. The summed E-state index contributed by atoms with van der Waals surface area (Å²) >= 11 is 0. The molecular weight excluding hydrogens is 76.1 g/mol. The molecule has 0 saturated heterocycles. The summed E-state index contributed by atoms with van der Waals surface area (Å²) in [4.78, 5) is 0. The van der Waals surface area contributed by atoms with Gasteiger partial charge in [0.15, 0.2) is 0 Å². The molecule has 1 heteroatoms. The molecule has 0 bridgehead atoms. The lowest BCUT2D eigenvalue weighted by atomic mass is 11.0. The van der Waals surface area contributed by atoms with Crippen LogP contribution in [0.5, 0.6) is 0 Å². The second-order valence-corrected chi connectivity index (χ2v) is 2.45. The van der Waals surface area contributed by atoms with Crippen LogP contribution in [0.3, 0.4) is 0 Å². The molecule has 0 amide bonds. The Morgan fingerprint density at radius 2 is 2.60 bits per heavy atom. The lowest BCUT2D eigenvalue weighted by molar-refractivity contribution is 1.48. The van der Waals surface area contributed by atoms with Crippen molar-refractivity contribution >= 4 is 14.5 Å². The molecule has 0 unspecified atom stereocenters. The van der Waals surface area contributed by atoms with Crippen LogP contribution in [0.15, 0.2) is 6.58 Å². The molecule has 5 heavy (non-hydrogen) atoms. The van der Waals surface area contributed by atoms with Gasteiger partial charge in [-0.15, -0.1) is 0 Å². The van der Waals surface area contributed by atoms with E-state index in [1.54, 1.807) is 0 Å². The van der Waals surface area contributed by atoms with Gasteiger partial charge in [0.05, 0.1) is 0 Å². The minimum Gasteiger partial charge on any atom is -0.168 e. The third-order valence-electron chi connectivity index (χ3n) is 0.348. The second-order valence-electron chi connectivity index (χ2n) is 0.816. The third-order valence-corrected chi connectivity index (χ3v) is 1.05. The molecular formula is C4H8Si. The molecule has 0 atom stereocenters. The van der Waals surface area contributed by atoms with E-state index in [9.17, 15) is 0 Å². The molecule has 0 heterocycles. The zero-order valence-corrected chi connectivity index (χ0v) is 4.65. The zero-order chi connectivity index (χ0) is 4.12. The standard InChI is InChI=1S/C4H8Si/c1-3-5-4-2/h5H,1,4H2,2H3. The van der Waals surface area contributed by atoms with Crippen molar-refractivity contribution in [2.75, 3.05) is 0 Å². The first-order chi connectivity index (χ1) is 2.41. The molecule has 0 rings (SSSR count). The van der Waals surface area contributed by atoms with E-state index in [2.05, 4.69) is 18.8 Å². The Balaban J connectivity index is 2.93. The van der Waals surface area contributed by atoms with Crippen molar-refractivity contribution in [2.45, 2.75) is 13.0 Å². The van der Waals surface area contributed by atoms with Crippen molar-refractivity contribution in [3.8, 4) is 0 Å². The smallest absolute Gasteiger partial charge is 0.0487 e. The van der Waals surface area contributed by atoms with Gasteiger partial charge in [0.1, 0.15) is 0 Å². The summed E-state index contributed by atoms with van der Waals surface area (Å²) in [5, 5.41) is 2.85. The molecule has 0 fully saturated rings. The summed E-state index contributed by atoms with van der Waals surface area (Å²) < 4.78 is 0. The van der Waals surface area contributed by atoms with Crippen LogP contribution in [0.2, 0.25) is 6.04 Å². The van der Waals surface area contributed by atoms with E-state index >= 15 is 0 Å². The van der Waals surface area contributed by atoms with Gasteiger partial charge >= 0.3 is 0 Å². The van der Waals surface area contributed by atoms with Gasteiger partial charge in [-0.1, -0.05) is 13.5 Å². The molecule has 28 valence electrons. The van der Waals surface area contributed by atoms with Crippen LogP contribution >= 0.6 is 0 Å². The molecule has 0 aromatic rings. The van der Waals surface area contributed by atoms with Crippen LogP contribution in [0.1, 0.15) is 6.92 Å². The first-order valence-electron chi connectivity index (χ1n) is 1.76. The highest BCUT2D eigenvalue weighted by Gasteiger charge is 1.51. The fraction of sp³-hybridized carbons (Fsp3) is 0.500. The average molecular weight is 84.2 g/mol. The maximum absolute atomic E-state index is 3.46. The monoisotopic (exact) mass is 84.0 g/mol. The molecule has 0 aliphatic heterocycles.